The first kappa shape index (κ1) is 18.4. The van der Waals surface area contributed by atoms with Gasteiger partial charge in [-0.05, 0) is 43.0 Å². The number of amides is 1. The summed E-state index contributed by atoms with van der Waals surface area (Å²) in [5, 5.41) is 6.09. The molecule has 3 rings (SSSR count). The minimum absolute atomic E-state index is 0.0128. The molecule has 1 saturated heterocycles. The molecule has 1 fully saturated rings. The van der Waals surface area contributed by atoms with Crippen LogP contribution in [0.5, 0.6) is 0 Å². The lowest BCUT2D eigenvalue weighted by molar-refractivity contribution is 0.0941. The standard InChI is InChI=1S/C19H23N3O3S/c1-3-14-6-4-5-13(2)18(14)22-17-8-7-15(11-20-17)19(23)21-16-9-10-26(24,25)12-16/h4-8,11,16H,3,9-10,12H2,1-2H3,(H,20,22)(H,21,23). The largest absolute Gasteiger partial charge is 0.348 e. The van der Waals surface area contributed by atoms with E-state index in [-0.39, 0.29) is 23.5 Å². The lowest BCUT2D eigenvalue weighted by Gasteiger charge is -2.14. The van der Waals surface area contributed by atoms with Crippen molar-refractivity contribution >= 4 is 27.2 Å². The second-order valence-corrected chi connectivity index (χ2v) is 8.82. The van der Waals surface area contributed by atoms with Crippen molar-refractivity contribution < 1.29 is 13.2 Å². The van der Waals surface area contributed by atoms with Gasteiger partial charge in [0, 0.05) is 17.9 Å². The zero-order valence-electron chi connectivity index (χ0n) is 15.0. The highest BCUT2D eigenvalue weighted by Gasteiger charge is 2.29. The van der Waals surface area contributed by atoms with Crippen molar-refractivity contribution in [1.29, 1.82) is 0 Å². The molecule has 1 aliphatic rings. The van der Waals surface area contributed by atoms with Crippen molar-refractivity contribution in [2.24, 2.45) is 0 Å². The number of hydrogen-bond donors (Lipinski definition) is 2. The molecule has 0 aliphatic carbocycles. The highest BCUT2D eigenvalue weighted by atomic mass is 32.2. The third-order valence-electron chi connectivity index (χ3n) is 4.59. The normalized spacial score (nSPS) is 18.5. The predicted molar refractivity (Wildman–Crippen MR) is 103 cm³/mol. The van der Waals surface area contributed by atoms with Gasteiger partial charge in [-0.15, -0.1) is 0 Å². The fourth-order valence-corrected chi connectivity index (χ4v) is 4.78. The highest BCUT2D eigenvalue weighted by molar-refractivity contribution is 7.91. The van der Waals surface area contributed by atoms with Crippen LogP contribution < -0.4 is 10.6 Å². The smallest absolute Gasteiger partial charge is 0.253 e. The molecule has 0 bridgehead atoms. The van der Waals surface area contributed by atoms with Crippen molar-refractivity contribution in [2.45, 2.75) is 32.7 Å². The average Bonchev–Trinajstić information content (AvgIpc) is 2.95. The van der Waals surface area contributed by atoms with E-state index >= 15 is 0 Å². The minimum Gasteiger partial charge on any atom is -0.348 e. The molecule has 1 amide bonds. The van der Waals surface area contributed by atoms with Gasteiger partial charge < -0.3 is 10.6 Å². The third-order valence-corrected chi connectivity index (χ3v) is 6.35. The highest BCUT2D eigenvalue weighted by Crippen LogP contribution is 2.24. The number of nitrogens with one attached hydrogen (secondary N) is 2. The topological polar surface area (TPSA) is 88.2 Å². The Morgan fingerprint density at radius 1 is 1.27 bits per heavy atom. The van der Waals surface area contributed by atoms with E-state index < -0.39 is 9.84 Å². The van der Waals surface area contributed by atoms with E-state index in [1.54, 1.807) is 12.1 Å². The lowest BCUT2D eigenvalue weighted by atomic mass is 10.1. The first-order chi connectivity index (χ1) is 12.4. The molecule has 0 radical (unpaired) electrons. The second-order valence-electron chi connectivity index (χ2n) is 6.59. The van der Waals surface area contributed by atoms with E-state index in [0.717, 1.165) is 17.7 Å². The average molecular weight is 373 g/mol. The van der Waals surface area contributed by atoms with E-state index in [0.29, 0.717) is 17.8 Å². The second kappa shape index (κ2) is 7.45. The molecule has 0 saturated carbocycles. The summed E-state index contributed by atoms with van der Waals surface area (Å²) in [6, 6.07) is 9.28. The molecule has 138 valence electrons. The summed E-state index contributed by atoms with van der Waals surface area (Å²) in [6.45, 7) is 4.14. The monoisotopic (exact) mass is 373 g/mol. The van der Waals surface area contributed by atoms with Gasteiger partial charge in [-0.1, -0.05) is 25.1 Å². The fraction of sp³-hybridized carbons (Fsp3) is 0.368. The van der Waals surface area contributed by atoms with Crippen LogP contribution in [0.1, 0.15) is 34.8 Å². The number of para-hydroxylation sites is 1. The lowest BCUT2D eigenvalue weighted by Crippen LogP contribution is -2.35. The Kier molecular flexibility index (Phi) is 5.27. The molecule has 1 unspecified atom stereocenters. The number of hydrogen-bond acceptors (Lipinski definition) is 5. The van der Waals surface area contributed by atoms with E-state index in [9.17, 15) is 13.2 Å². The SMILES string of the molecule is CCc1cccc(C)c1Nc1ccc(C(=O)NC2CCS(=O)(=O)C2)cn1. The van der Waals surface area contributed by atoms with Crippen LogP contribution >= 0.6 is 0 Å². The molecule has 1 aromatic carbocycles. The van der Waals surface area contributed by atoms with Gasteiger partial charge in [0.1, 0.15) is 5.82 Å². The molecule has 6 nitrogen and oxygen atoms in total. The Morgan fingerprint density at radius 2 is 2.08 bits per heavy atom. The van der Waals surface area contributed by atoms with Crippen LogP contribution in [0.25, 0.3) is 0 Å². The number of aromatic nitrogens is 1. The summed E-state index contributed by atoms with van der Waals surface area (Å²) in [4.78, 5) is 16.6. The van der Waals surface area contributed by atoms with E-state index in [1.165, 1.54) is 11.8 Å². The minimum atomic E-state index is -3.02. The molecule has 2 N–H and O–H groups in total. The number of sulfone groups is 1. The molecule has 1 atom stereocenters. The molecule has 1 aliphatic heterocycles. The molecule has 1 aromatic heterocycles. The molecule has 2 aromatic rings. The van der Waals surface area contributed by atoms with Gasteiger partial charge in [-0.2, -0.15) is 0 Å². The Morgan fingerprint density at radius 3 is 2.69 bits per heavy atom. The van der Waals surface area contributed by atoms with E-state index in [2.05, 4.69) is 28.6 Å². The first-order valence-corrected chi connectivity index (χ1v) is 10.5. The summed E-state index contributed by atoms with van der Waals surface area (Å²) < 4.78 is 23.0. The summed E-state index contributed by atoms with van der Waals surface area (Å²) in [7, 11) is -3.02. The molecule has 7 heteroatoms. The van der Waals surface area contributed by atoms with Crippen LogP contribution in [0.15, 0.2) is 36.5 Å². The number of aryl methyl sites for hydroxylation is 2. The Balaban J connectivity index is 1.68. The van der Waals surface area contributed by atoms with Crippen LogP contribution in [0.4, 0.5) is 11.5 Å². The van der Waals surface area contributed by atoms with Gasteiger partial charge in [0.05, 0.1) is 17.1 Å². The Bertz CT molecular complexity index is 908. The number of carbonyl (C=O) groups excluding carboxylic acids is 1. The van der Waals surface area contributed by atoms with Crippen LogP contribution in [0.3, 0.4) is 0 Å². The van der Waals surface area contributed by atoms with Crippen molar-refractivity contribution in [1.82, 2.24) is 10.3 Å². The van der Waals surface area contributed by atoms with Gasteiger partial charge in [0.25, 0.3) is 5.91 Å². The zero-order valence-corrected chi connectivity index (χ0v) is 15.8. The van der Waals surface area contributed by atoms with Crippen LogP contribution in [-0.4, -0.2) is 36.9 Å². The van der Waals surface area contributed by atoms with Crippen molar-refractivity contribution in [3.8, 4) is 0 Å². The van der Waals surface area contributed by atoms with Crippen molar-refractivity contribution in [3.63, 3.8) is 0 Å². The quantitative estimate of drug-likeness (QED) is 0.841. The number of carbonyl (C=O) groups is 1. The first-order valence-electron chi connectivity index (χ1n) is 8.71. The molecule has 2 heterocycles. The zero-order chi connectivity index (χ0) is 18.7. The van der Waals surface area contributed by atoms with E-state index in [4.69, 9.17) is 0 Å². The third kappa shape index (κ3) is 4.22. The number of rotatable bonds is 5. The van der Waals surface area contributed by atoms with Gasteiger partial charge in [0.2, 0.25) is 0 Å². The maximum atomic E-state index is 12.3. The summed E-state index contributed by atoms with van der Waals surface area (Å²) in [5.74, 6) is 0.513. The van der Waals surface area contributed by atoms with Crippen LogP contribution in [-0.2, 0) is 16.3 Å². The number of anilines is 2. The molecule has 26 heavy (non-hydrogen) atoms. The molecule has 0 spiro atoms. The predicted octanol–water partition coefficient (Wildman–Crippen LogP) is 2.61. The fourth-order valence-electron chi connectivity index (χ4n) is 3.11. The van der Waals surface area contributed by atoms with Gasteiger partial charge >= 0.3 is 0 Å². The van der Waals surface area contributed by atoms with Gasteiger partial charge in [-0.25, -0.2) is 13.4 Å². The number of benzene rings is 1. The van der Waals surface area contributed by atoms with E-state index in [1.807, 2.05) is 19.1 Å². The van der Waals surface area contributed by atoms with Gasteiger partial charge in [0.15, 0.2) is 9.84 Å². The van der Waals surface area contributed by atoms with Crippen molar-refractivity contribution in [3.05, 3.63) is 53.2 Å². The van der Waals surface area contributed by atoms with Crippen LogP contribution in [0, 0.1) is 6.92 Å². The summed E-state index contributed by atoms with van der Waals surface area (Å²) in [6.07, 6.45) is 2.88. The molecular formula is C19H23N3O3S. The Labute approximate surface area is 154 Å². The number of nitrogens with zero attached hydrogens (tertiary/aromatic N) is 1. The molecular weight excluding hydrogens is 350 g/mol. The number of pyridine rings is 1. The Hall–Kier alpha value is -2.41. The maximum absolute atomic E-state index is 12.3. The van der Waals surface area contributed by atoms with Crippen LogP contribution in [0.2, 0.25) is 0 Å². The maximum Gasteiger partial charge on any atom is 0.253 e. The van der Waals surface area contributed by atoms with Gasteiger partial charge in [-0.3, -0.25) is 4.79 Å². The van der Waals surface area contributed by atoms with Crippen molar-refractivity contribution in [2.75, 3.05) is 16.8 Å². The summed E-state index contributed by atoms with van der Waals surface area (Å²) in [5.41, 5.74) is 3.79. The summed E-state index contributed by atoms with van der Waals surface area (Å²) >= 11 is 0.